The van der Waals surface area contributed by atoms with Gasteiger partial charge in [0, 0.05) is 11.8 Å². The standard InChI is InChI=1S/C19H19NO7/c1-11(27-19(23)14-10-13(24-2)4-5-15(14)21)18(22)20-12-3-6-16-17(9-12)26-8-7-25-16/h3-6,9-11,21H,7-8H2,1-2H3,(H,20,22)/t11-/m0/s1. The summed E-state index contributed by atoms with van der Waals surface area (Å²) in [6, 6.07) is 9.14. The molecule has 142 valence electrons. The molecule has 0 bridgehead atoms. The van der Waals surface area contributed by atoms with Crippen molar-refractivity contribution in [2.45, 2.75) is 13.0 Å². The molecule has 1 amide bonds. The Morgan fingerprint density at radius 3 is 2.59 bits per heavy atom. The predicted octanol–water partition coefficient (Wildman–Crippen LogP) is 2.36. The molecule has 1 atom stereocenters. The van der Waals surface area contributed by atoms with E-state index in [1.807, 2.05) is 0 Å². The molecule has 1 aliphatic rings. The number of nitrogens with one attached hydrogen (secondary N) is 1. The highest BCUT2D eigenvalue weighted by molar-refractivity contribution is 5.98. The first-order chi connectivity index (χ1) is 13.0. The molecule has 2 aromatic rings. The highest BCUT2D eigenvalue weighted by Crippen LogP contribution is 2.32. The van der Waals surface area contributed by atoms with Gasteiger partial charge in [-0.3, -0.25) is 4.79 Å². The number of hydrogen-bond acceptors (Lipinski definition) is 7. The lowest BCUT2D eigenvalue weighted by Crippen LogP contribution is -2.30. The molecule has 0 aliphatic carbocycles. The van der Waals surface area contributed by atoms with Crippen molar-refractivity contribution in [3.8, 4) is 23.0 Å². The number of aromatic hydroxyl groups is 1. The van der Waals surface area contributed by atoms with Gasteiger partial charge in [-0.2, -0.15) is 0 Å². The number of hydrogen-bond donors (Lipinski definition) is 2. The van der Waals surface area contributed by atoms with Gasteiger partial charge in [-0.25, -0.2) is 4.79 Å². The summed E-state index contributed by atoms with van der Waals surface area (Å²) in [5, 5.41) is 12.5. The van der Waals surface area contributed by atoms with Gasteiger partial charge >= 0.3 is 5.97 Å². The van der Waals surface area contributed by atoms with Gasteiger partial charge in [0.05, 0.1) is 7.11 Å². The Morgan fingerprint density at radius 1 is 1.11 bits per heavy atom. The molecule has 2 aromatic carbocycles. The van der Waals surface area contributed by atoms with Gasteiger partial charge in [0.25, 0.3) is 5.91 Å². The number of anilines is 1. The summed E-state index contributed by atoms with van der Waals surface area (Å²) in [5.41, 5.74) is 0.393. The van der Waals surface area contributed by atoms with Crippen LogP contribution in [-0.2, 0) is 9.53 Å². The van der Waals surface area contributed by atoms with Crippen molar-refractivity contribution in [3.05, 3.63) is 42.0 Å². The zero-order valence-electron chi connectivity index (χ0n) is 14.9. The largest absolute Gasteiger partial charge is 0.507 e. The Labute approximate surface area is 155 Å². The third-order valence-electron chi connectivity index (χ3n) is 3.89. The van der Waals surface area contributed by atoms with E-state index in [2.05, 4.69) is 5.32 Å². The zero-order chi connectivity index (χ0) is 19.4. The number of phenols is 1. The van der Waals surface area contributed by atoms with Crippen LogP contribution in [0.4, 0.5) is 5.69 Å². The minimum atomic E-state index is -1.09. The lowest BCUT2D eigenvalue weighted by atomic mass is 10.2. The van der Waals surface area contributed by atoms with Crippen LogP contribution < -0.4 is 19.5 Å². The summed E-state index contributed by atoms with van der Waals surface area (Å²) in [6.45, 7) is 2.34. The van der Waals surface area contributed by atoms with Crippen LogP contribution in [0.3, 0.4) is 0 Å². The van der Waals surface area contributed by atoms with Crippen LogP contribution in [0.5, 0.6) is 23.0 Å². The topological polar surface area (TPSA) is 103 Å². The van der Waals surface area contributed by atoms with Gasteiger partial charge in [-0.05, 0) is 37.3 Å². The number of benzene rings is 2. The quantitative estimate of drug-likeness (QED) is 0.776. The third kappa shape index (κ3) is 4.22. The molecule has 0 spiro atoms. The van der Waals surface area contributed by atoms with E-state index in [4.69, 9.17) is 18.9 Å². The molecular formula is C19H19NO7. The fourth-order valence-corrected chi connectivity index (χ4v) is 2.45. The molecule has 0 saturated heterocycles. The third-order valence-corrected chi connectivity index (χ3v) is 3.89. The molecule has 0 unspecified atom stereocenters. The van der Waals surface area contributed by atoms with Crippen molar-refractivity contribution in [2.24, 2.45) is 0 Å². The molecule has 27 heavy (non-hydrogen) atoms. The number of carbonyl (C=O) groups excluding carboxylic acids is 2. The fourth-order valence-electron chi connectivity index (χ4n) is 2.45. The van der Waals surface area contributed by atoms with Gasteiger partial charge in [-0.1, -0.05) is 0 Å². The van der Waals surface area contributed by atoms with Crippen molar-refractivity contribution in [3.63, 3.8) is 0 Å². The molecule has 0 saturated carbocycles. The minimum absolute atomic E-state index is 0.0895. The first-order valence-electron chi connectivity index (χ1n) is 8.26. The minimum Gasteiger partial charge on any atom is -0.507 e. The van der Waals surface area contributed by atoms with Crippen LogP contribution in [-0.4, -0.2) is 43.4 Å². The first-order valence-corrected chi connectivity index (χ1v) is 8.26. The van der Waals surface area contributed by atoms with E-state index in [-0.39, 0.29) is 11.3 Å². The number of carbonyl (C=O) groups is 2. The van der Waals surface area contributed by atoms with Gasteiger partial charge in [0.1, 0.15) is 30.3 Å². The molecule has 3 rings (SSSR count). The van der Waals surface area contributed by atoms with Crippen LogP contribution in [0.1, 0.15) is 17.3 Å². The molecule has 8 heteroatoms. The normalized spacial score (nSPS) is 13.4. The van der Waals surface area contributed by atoms with E-state index in [1.54, 1.807) is 18.2 Å². The van der Waals surface area contributed by atoms with E-state index < -0.39 is 18.0 Å². The van der Waals surface area contributed by atoms with Gasteiger partial charge in [0.15, 0.2) is 17.6 Å². The maximum absolute atomic E-state index is 12.3. The predicted molar refractivity (Wildman–Crippen MR) is 95.6 cm³/mol. The van der Waals surface area contributed by atoms with Crippen molar-refractivity contribution in [1.82, 2.24) is 0 Å². The van der Waals surface area contributed by atoms with Crippen molar-refractivity contribution in [1.29, 1.82) is 0 Å². The van der Waals surface area contributed by atoms with E-state index >= 15 is 0 Å². The molecule has 0 aromatic heterocycles. The lowest BCUT2D eigenvalue weighted by Gasteiger charge is -2.19. The number of amides is 1. The Hall–Kier alpha value is -3.42. The summed E-state index contributed by atoms with van der Waals surface area (Å²) in [7, 11) is 1.44. The smallest absolute Gasteiger partial charge is 0.342 e. The monoisotopic (exact) mass is 373 g/mol. The molecule has 1 aliphatic heterocycles. The average molecular weight is 373 g/mol. The van der Waals surface area contributed by atoms with E-state index in [1.165, 1.54) is 32.2 Å². The number of methoxy groups -OCH3 is 1. The van der Waals surface area contributed by atoms with Crippen LogP contribution in [0, 0.1) is 0 Å². The van der Waals surface area contributed by atoms with E-state index in [0.717, 1.165) is 0 Å². The molecule has 0 fully saturated rings. The first kappa shape index (κ1) is 18.4. The van der Waals surface area contributed by atoms with Crippen LogP contribution in [0.25, 0.3) is 0 Å². The number of fused-ring (bicyclic) bond motifs is 1. The molecule has 2 N–H and O–H groups in total. The highest BCUT2D eigenvalue weighted by Gasteiger charge is 2.22. The maximum atomic E-state index is 12.3. The van der Waals surface area contributed by atoms with Crippen LogP contribution in [0.15, 0.2) is 36.4 Å². The summed E-state index contributed by atoms with van der Waals surface area (Å²) >= 11 is 0. The second kappa shape index (κ2) is 7.86. The summed E-state index contributed by atoms with van der Waals surface area (Å²) in [6.07, 6.45) is -1.09. The second-order valence-corrected chi connectivity index (χ2v) is 5.78. The number of esters is 1. The van der Waals surface area contributed by atoms with Crippen LogP contribution >= 0.6 is 0 Å². The number of rotatable bonds is 5. The summed E-state index contributed by atoms with van der Waals surface area (Å²) in [5.74, 6) is -0.107. The summed E-state index contributed by atoms with van der Waals surface area (Å²) < 4.78 is 21.0. The van der Waals surface area contributed by atoms with E-state index in [9.17, 15) is 14.7 Å². The van der Waals surface area contributed by atoms with E-state index in [0.29, 0.717) is 36.1 Å². The average Bonchev–Trinajstić information content (AvgIpc) is 2.68. The van der Waals surface area contributed by atoms with Crippen LogP contribution in [0.2, 0.25) is 0 Å². The number of ether oxygens (including phenoxy) is 4. The molecular weight excluding hydrogens is 354 g/mol. The Kier molecular flexibility index (Phi) is 5.35. The molecule has 8 nitrogen and oxygen atoms in total. The lowest BCUT2D eigenvalue weighted by molar-refractivity contribution is -0.123. The Balaban J connectivity index is 1.64. The maximum Gasteiger partial charge on any atom is 0.342 e. The highest BCUT2D eigenvalue weighted by atomic mass is 16.6. The summed E-state index contributed by atoms with van der Waals surface area (Å²) in [4.78, 5) is 24.5. The SMILES string of the molecule is COc1ccc(O)c(C(=O)O[C@@H](C)C(=O)Nc2ccc3c(c2)OCCO3)c1. The fraction of sp³-hybridized carbons (Fsp3) is 0.263. The van der Waals surface area contributed by atoms with Gasteiger partial charge in [-0.15, -0.1) is 0 Å². The number of phenolic OH excluding ortho intramolecular Hbond substituents is 1. The van der Waals surface area contributed by atoms with Gasteiger partial charge < -0.3 is 29.4 Å². The van der Waals surface area contributed by atoms with Crippen molar-refractivity contribution < 1.29 is 33.6 Å². The van der Waals surface area contributed by atoms with Crippen molar-refractivity contribution in [2.75, 3.05) is 25.6 Å². The van der Waals surface area contributed by atoms with Crippen molar-refractivity contribution >= 4 is 17.6 Å². The Bertz CT molecular complexity index is 865. The molecule has 0 radical (unpaired) electrons. The molecule has 1 heterocycles. The van der Waals surface area contributed by atoms with Gasteiger partial charge in [0.2, 0.25) is 0 Å². The second-order valence-electron chi connectivity index (χ2n) is 5.78. The zero-order valence-corrected chi connectivity index (χ0v) is 14.9. The Morgan fingerprint density at radius 2 is 1.85 bits per heavy atom.